The molecule has 2 atom stereocenters. The minimum Gasteiger partial charge on any atom is -0.455 e. The molecule has 0 amide bonds. The molecule has 0 aliphatic heterocycles. The first kappa shape index (κ1) is 17.1. The highest BCUT2D eigenvalue weighted by atomic mass is 32.1. The number of nitrogens with zero attached hydrogens (tertiary/aromatic N) is 1. The number of carbonyl (C=O) groups is 1. The average molecular weight is 345 g/mol. The van der Waals surface area contributed by atoms with Crippen molar-refractivity contribution in [2.45, 2.75) is 51.2 Å². The molecule has 24 heavy (non-hydrogen) atoms. The second-order valence-electron chi connectivity index (χ2n) is 6.19. The van der Waals surface area contributed by atoms with Crippen LogP contribution in [0.4, 0.5) is 0 Å². The Morgan fingerprint density at radius 2 is 1.92 bits per heavy atom. The maximum absolute atomic E-state index is 12.6. The van der Waals surface area contributed by atoms with Crippen molar-refractivity contribution in [3.05, 3.63) is 51.5 Å². The maximum Gasteiger partial charge on any atom is 0.350 e. The van der Waals surface area contributed by atoms with Crippen molar-refractivity contribution >= 4 is 17.3 Å². The number of esters is 1. The lowest BCUT2D eigenvalue weighted by Crippen LogP contribution is -2.35. The summed E-state index contributed by atoms with van der Waals surface area (Å²) in [6, 6.07) is 10.2. The lowest BCUT2D eigenvalue weighted by molar-refractivity contribution is -0.0537. The summed E-state index contributed by atoms with van der Waals surface area (Å²) in [5.41, 5.74) is 1.94. The average Bonchev–Trinajstić information content (AvgIpc) is 2.96. The zero-order valence-corrected chi connectivity index (χ0v) is 15.0. The van der Waals surface area contributed by atoms with Crippen molar-refractivity contribution in [3.8, 4) is 0 Å². The normalized spacial score (nSPS) is 20.8. The number of carbonyl (C=O) groups excluding carboxylic acids is 1. The quantitative estimate of drug-likeness (QED) is 0.764. The molecule has 0 N–H and O–H groups in total. The Balaban J connectivity index is 1.68. The standard InChI is InChI=1S/C19H23NO3S/c1-13-18(19(21)23-16-11-7-6-10-15(16)22-2)24-17(20-13)12-14-8-4-3-5-9-14/h3-5,8-9,15-16H,6-7,10-12H2,1-2H3/t15-,16+/m1/s1. The van der Waals surface area contributed by atoms with E-state index < -0.39 is 0 Å². The van der Waals surface area contributed by atoms with Crippen LogP contribution < -0.4 is 0 Å². The Hall–Kier alpha value is -1.72. The van der Waals surface area contributed by atoms with Crippen LogP contribution in [-0.2, 0) is 15.9 Å². The summed E-state index contributed by atoms with van der Waals surface area (Å²) in [7, 11) is 1.69. The van der Waals surface area contributed by atoms with Gasteiger partial charge in [-0.1, -0.05) is 36.8 Å². The molecule has 1 aromatic carbocycles. The van der Waals surface area contributed by atoms with Crippen LogP contribution in [0, 0.1) is 6.92 Å². The predicted molar refractivity (Wildman–Crippen MR) is 94.6 cm³/mol. The number of rotatable bonds is 5. The predicted octanol–water partition coefficient (Wildman–Crippen LogP) is 4.16. The molecule has 1 aromatic heterocycles. The van der Waals surface area contributed by atoms with E-state index >= 15 is 0 Å². The third kappa shape index (κ3) is 4.02. The lowest BCUT2D eigenvalue weighted by atomic mass is 9.94. The van der Waals surface area contributed by atoms with Crippen LogP contribution in [0.1, 0.15) is 51.6 Å². The second kappa shape index (κ2) is 7.90. The summed E-state index contributed by atoms with van der Waals surface area (Å²) in [4.78, 5) is 17.7. The van der Waals surface area contributed by atoms with E-state index in [-0.39, 0.29) is 18.2 Å². The van der Waals surface area contributed by atoms with Gasteiger partial charge in [-0.15, -0.1) is 11.3 Å². The minimum atomic E-state index is -0.265. The summed E-state index contributed by atoms with van der Waals surface area (Å²) in [5.74, 6) is -0.265. The van der Waals surface area contributed by atoms with E-state index in [0.29, 0.717) is 4.88 Å². The molecule has 4 nitrogen and oxygen atoms in total. The first-order valence-corrected chi connectivity index (χ1v) is 9.23. The fourth-order valence-corrected chi connectivity index (χ4v) is 4.13. The van der Waals surface area contributed by atoms with E-state index in [0.717, 1.165) is 42.8 Å². The first-order valence-electron chi connectivity index (χ1n) is 8.41. The molecular formula is C19H23NO3S. The van der Waals surface area contributed by atoms with Crippen molar-refractivity contribution in [3.63, 3.8) is 0 Å². The van der Waals surface area contributed by atoms with E-state index in [1.807, 2.05) is 25.1 Å². The fourth-order valence-electron chi connectivity index (χ4n) is 3.15. The van der Waals surface area contributed by atoms with Crippen LogP contribution in [0.3, 0.4) is 0 Å². The largest absolute Gasteiger partial charge is 0.455 e. The molecule has 1 heterocycles. The van der Waals surface area contributed by atoms with Crippen molar-refractivity contribution in [1.82, 2.24) is 4.98 Å². The molecule has 0 radical (unpaired) electrons. The molecule has 1 aliphatic carbocycles. The number of methoxy groups -OCH3 is 1. The van der Waals surface area contributed by atoms with Crippen LogP contribution in [0.25, 0.3) is 0 Å². The Morgan fingerprint density at radius 3 is 2.62 bits per heavy atom. The van der Waals surface area contributed by atoms with Crippen LogP contribution in [0.2, 0.25) is 0 Å². The van der Waals surface area contributed by atoms with Crippen LogP contribution >= 0.6 is 11.3 Å². The molecule has 0 bridgehead atoms. The number of aryl methyl sites for hydroxylation is 1. The molecule has 0 unspecified atom stereocenters. The van der Waals surface area contributed by atoms with E-state index in [9.17, 15) is 4.79 Å². The topological polar surface area (TPSA) is 48.4 Å². The van der Waals surface area contributed by atoms with Gasteiger partial charge in [-0.3, -0.25) is 0 Å². The van der Waals surface area contributed by atoms with Crippen molar-refractivity contribution < 1.29 is 14.3 Å². The molecule has 2 aromatic rings. The third-order valence-corrected chi connectivity index (χ3v) is 5.57. The third-order valence-electron chi connectivity index (χ3n) is 4.43. The van der Waals surface area contributed by atoms with Gasteiger partial charge in [0.2, 0.25) is 0 Å². The van der Waals surface area contributed by atoms with Gasteiger partial charge in [0.1, 0.15) is 11.0 Å². The molecule has 1 fully saturated rings. The van der Waals surface area contributed by atoms with Gasteiger partial charge in [0.05, 0.1) is 16.8 Å². The highest BCUT2D eigenvalue weighted by Crippen LogP contribution is 2.27. The molecule has 1 saturated carbocycles. The van der Waals surface area contributed by atoms with E-state index in [1.54, 1.807) is 7.11 Å². The summed E-state index contributed by atoms with van der Waals surface area (Å²) >= 11 is 1.43. The molecule has 0 saturated heterocycles. The first-order chi connectivity index (χ1) is 11.7. The summed E-state index contributed by atoms with van der Waals surface area (Å²) in [6.07, 6.45) is 4.65. The molecule has 5 heteroatoms. The SMILES string of the molecule is CO[C@@H]1CCCC[C@@H]1OC(=O)c1sc(Cc2ccccc2)nc1C. The molecule has 1 aliphatic rings. The fraction of sp³-hybridized carbons (Fsp3) is 0.474. The number of hydrogen-bond acceptors (Lipinski definition) is 5. The molecule has 0 spiro atoms. The molecule has 128 valence electrons. The van der Waals surface area contributed by atoms with Crippen molar-refractivity contribution in [2.24, 2.45) is 0 Å². The Bertz CT molecular complexity index is 683. The van der Waals surface area contributed by atoms with Gasteiger partial charge in [-0.05, 0) is 31.7 Å². The maximum atomic E-state index is 12.6. The summed E-state index contributed by atoms with van der Waals surface area (Å²) < 4.78 is 11.2. The Morgan fingerprint density at radius 1 is 1.21 bits per heavy atom. The molecule has 3 rings (SSSR count). The Kier molecular flexibility index (Phi) is 5.63. The number of ether oxygens (including phenoxy) is 2. The smallest absolute Gasteiger partial charge is 0.350 e. The number of aromatic nitrogens is 1. The van der Waals surface area contributed by atoms with Gasteiger partial charge in [0.25, 0.3) is 0 Å². The van der Waals surface area contributed by atoms with Crippen LogP contribution in [0.15, 0.2) is 30.3 Å². The summed E-state index contributed by atoms with van der Waals surface area (Å²) in [5, 5.41) is 0.942. The molecular weight excluding hydrogens is 322 g/mol. The lowest BCUT2D eigenvalue weighted by Gasteiger charge is -2.29. The van der Waals surface area contributed by atoms with E-state index in [4.69, 9.17) is 9.47 Å². The Labute approximate surface area is 146 Å². The second-order valence-corrected chi connectivity index (χ2v) is 7.27. The minimum absolute atomic E-state index is 0.0136. The van der Waals surface area contributed by atoms with Crippen LogP contribution in [-0.4, -0.2) is 30.3 Å². The van der Waals surface area contributed by atoms with Gasteiger partial charge in [-0.25, -0.2) is 9.78 Å². The van der Waals surface area contributed by atoms with Gasteiger partial charge >= 0.3 is 5.97 Å². The van der Waals surface area contributed by atoms with Gasteiger partial charge < -0.3 is 9.47 Å². The van der Waals surface area contributed by atoms with Crippen molar-refractivity contribution in [2.75, 3.05) is 7.11 Å². The van der Waals surface area contributed by atoms with Gasteiger partial charge in [0, 0.05) is 13.5 Å². The van der Waals surface area contributed by atoms with Crippen LogP contribution in [0.5, 0.6) is 0 Å². The zero-order chi connectivity index (χ0) is 16.9. The highest BCUT2D eigenvalue weighted by molar-refractivity contribution is 7.13. The van der Waals surface area contributed by atoms with Gasteiger partial charge in [0.15, 0.2) is 0 Å². The number of hydrogen-bond donors (Lipinski definition) is 0. The highest BCUT2D eigenvalue weighted by Gasteiger charge is 2.29. The van der Waals surface area contributed by atoms with Crippen molar-refractivity contribution in [1.29, 1.82) is 0 Å². The van der Waals surface area contributed by atoms with E-state index in [2.05, 4.69) is 17.1 Å². The van der Waals surface area contributed by atoms with Gasteiger partial charge in [-0.2, -0.15) is 0 Å². The zero-order valence-electron chi connectivity index (χ0n) is 14.2. The number of benzene rings is 1. The number of thiazole rings is 1. The monoisotopic (exact) mass is 345 g/mol. The summed E-state index contributed by atoms with van der Waals surface area (Å²) in [6.45, 7) is 1.87. The van der Waals surface area contributed by atoms with E-state index in [1.165, 1.54) is 16.9 Å².